The molecule has 0 saturated heterocycles. The summed E-state index contributed by atoms with van der Waals surface area (Å²) in [5.74, 6) is -2.05. The van der Waals surface area contributed by atoms with Crippen LogP contribution in [0.25, 0.3) is 0 Å². The van der Waals surface area contributed by atoms with Crippen molar-refractivity contribution in [1.29, 1.82) is 10.5 Å². The Morgan fingerprint density at radius 1 is 1.14 bits per heavy atom. The van der Waals surface area contributed by atoms with E-state index < -0.39 is 17.8 Å². The zero-order valence-corrected chi connectivity index (χ0v) is 12.3. The highest BCUT2D eigenvalue weighted by atomic mass is 16.4. The van der Waals surface area contributed by atoms with E-state index in [1.807, 2.05) is 19.1 Å². The van der Waals surface area contributed by atoms with Crippen LogP contribution in [-0.2, 0) is 9.59 Å². The van der Waals surface area contributed by atoms with E-state index >= 15 is 0 Å². The molecule has 21 heavy (non-hydrogen) atoms. The van der Waals surface area contributed by atoms with Crippen LogP contribution in [0.1, 0.15) is 39.0 Å². The third-order valence-corrected chi connectivity index (χ3v) is 4.17. The van der Waals surface area contributed by atoms with Crippen LogP contribution in [-0.4, -0.2) is 35.0 Å². The number of nitrogens with zero attached hydrogens (tertiary/aromatic N) is 3. The molecule has 0 heterocycles. The van der Waals surface area contributed by atoms with Crippen molar-refractivity contribution >= 4 is 11.9 Å². The van der Waals surface area contributed by atoms with Gasteiger partial charge in [-0.1, -0.05) is 13.3 Å². The summed E-state index contributed by atoms with van der Waals surface area (Å²) in [7, 11) is 0. The first-order valence-corrected chi connectivity index (χ1v) is 7.30. The van der Waals surface area contributed by atoms with Gasteiger partial charge >= 0.3 is 5.97 Å². The maximum absolute atomic E-state index is 12.6. The highest BCUT2D eigenvalue weighted by molar-refractivity contribution is 5.85. The van der Waals surface area contributed by atoms with E-state index in [2.05, 4.69) is 0 Å². The number of aliphatic carboxylic acids is 1. The van der Waals surface area contributed by atoms with Crippen molar-refractivity contribution in [2.45, 2.75) is 39.0 Å². The monoisotopic (exact) mass is 291 g/mol. The summed E-state index contributed by atoms with van der Waals surface area (Å²) in [5, 5.41) is 26.6. The molecule has 6 nitrogen and oxygen atoms in total. The van der Waals surface area contributed by atoms with E-state index in [-0.39, 0.29) is 37.8 Å². The number of carboxylic acid groups (broad SMARTS) is 1. The Kier molecular flexibility index (Phi) is 6.68. The van der Waals surface area contributed by atoms with Gasteiger partial charge in [-0.2, -0.15) is 10.5 Å². The minimum absolute atomic E-state index is 0.193. The van der Waals surface area contributed by atoms with Gasteiger partial charge in [0.15, 0.2) is 0 Å². The summed E-state index contributed by atoms with van der Waals surface area (Å²) in [6.07, 6.45) is 2.37. The lowest BCUT2D eigenvalue weighted by atomic mass is 9.94. The van der Waals surface area contributed by atoms with Gasteiger partial charge in [0.2, 0.25) is 5.91 Å². The van der Waals surface area contributed by atoms with Crippen LogP contribution in [0.15, 0.2) is 0 Å². The molecule has 1 aliphatic rings. The summed E-state index contributed by atoms with van der Waals surface area (Å²) in [5.41, 5.74) is 0. The zero-order chi connectivity index (χ0) is 15.8. The number of rotatable bonds is 7. The quantitative estimate of drug-likeness (QED) is 0.769. The number of hydrogen-bond acceptors (Lipinski definition) is 4. The lowest BCUT2D eigenvalue weighted by Gasteiger charge is -2.25. The van der Waals surface area contributed by atoms with E-state index in [1.54, 1.807) is 0 Å². The summed E-state index contributed by atoms with van der Waals surface area (Å²) in [6.45, 7) is 2.52. The normalized spacial score (nSPS) is 24.0. The van der Waals surface area contributed by atoms with Crippen LogP contribution >= 0.6 is 0 Å². The van der Waals surface area contributed by atoms with E-state index in [9.17, 15) is 14.7 Å². The van der Waals surface area contributed by atoms with E-state index in [0.717, 1.165) is 6.42 Å². The van der Waals surface area contributed by atoms with Gasteiger partial charge in [0.1, 0.15) is 0 Å². The highest BCUT2D eigenvalue weighted by Gasteiger charge is 2.43. The van der Waals surface area contributed by atoms with Crippen LogP contribution in [0.3, 0.4) is 0 Å². The minimum Gasteiger partial charge on any atom is -0.481 e. The summed E-state index contributed by atoms with van der Waals surface area (Å²) >= 11 is 0. The third-order valence-electron chi connectivity index (χ3n) is 4.17. The number of carbonyl (C=O) groups excluding carboxylic acids is 1. The molecule has 1 rings (SSSR count). The molecule has 1 saturated carbocycles. The topological polar surface area (TPSA) is 105 Å². The SMILES string of the molecule is CCC1CC(C(=O)O)C(C(=O)N(CCC#N)CCC#N)C1. The Labute approximate surface area is 125 Å². The summed E-state index contributed by atoms with van der Waals surface area (Å²) in [6, 6.07) is 3.96. The second-order valence-corrected chi connectivity index (χ2v) is 5.44. The molecular weight excluding hydrogens is 270 g/mol. The first-order valence-electron chi connectivity index (χ1n) is 7.30. The molecule has 0 spiro atoms. The van der Waals surface area contributed by atoms with Gasteiger partial charge in [-0.05, 0) is 18.8 Å². The Bertz CT molecular complexity index is 446. The molecule has 3 unspecified atom stereocenters. The molecule has 1 aliphatic carbocycles. The molecule has 0 aromatic heterocycles. The molecule has 0 aromatic rings. The number of nitriles is 2. The van der Waals surface area contributed by atoms with Crippen molar-refractivity contribution in [3.8, 4) is 12.1 Å². The van der Waals surface area contributed by atoms with Gasteiger partial charge in [-0.15, -0.1) is 0 Å². The van der Waals surface area contributed by atoms with Crippen molar-refractivity contribution in [2.24, 2.45) is 17.8 Å². The fourth-order valence-electron chi connectivity index (χ4n) is 2.96. The minimum atomic E-state index is -0.926. The van der Waals surface area contributed by atoms with Crippen LogP contribution < -0.4 is 0 Å². The van der Waals surface area contributed by atoms with Gasteiger partial charge in [-0.3, -0.25) is 9.59 Å². The lowest BCUT2D eigenvalue weighted by Crippen LogP contribution is -2.40. The average molecular weight is 291 g/mol. The molecule has 1 fully saturated rings. The Balaban J connectivity index is 2.82. The first-order chi connectivity index (χ1) is 10.0. The second kappa shape index (κ2) is 8.26. The summed E-state index contributed by atoms with van der Waals surface area (Å²) in [4.78, 5) is 25.4. The van der Waals surface area contributed by atoms with E-state index in [4.69, 9.17) is 10.5 Å². The van der Waals surface area contributed by atoms with E-state index in [0.29, 0.717) is 12.8 Å². The molecule has 0 aliphatic heterocycles. The Morgan fingerprint density at radius 3 is 2.10 bits per heavy atom. The van der Waals surface area contributed by atoms with Crippen LogP contribution in [0, 0.1) is 40.4 Å². The summed E-state index contributed by atoms with van der Waals surface area (Å²) < 4.78 is 0. The number of hydrogen-bond donors (Lipinski definition) is 1. The van der Waals surface area contributed by atoms with E-state index in [1.165, 1.54) is 4.90 Å². The van der Waals surface area contributed by atoms with Gasteiger partial charge in [-0.25, -0.2) is 0 Å². The average Bonchev–Trinajstić information content (AvgIpc) is 2.91. The molecule has 0 aromatic carbocycles. The smallest absolute Gasteiger partial charge is 0.307 e. The highest BCUT2D eigenvalue weighted by Crippen LogP contribution is 2.39. The van der Waals surface area contributed by atoms with Crippen LogP contribution in [0.5, 0.6) is 0 Å². The Morgan fingerprint density at radius 2 is 1.67 bits per heavy atom. The zero-order valence-electron chi connectivity index (χ0n) is 12.3. The van der Waals surface area contributed by atoms with Crippen molar-refractivity contribution in [3.05, 3.63) is 0 Å². The molecule has 0 radical (unpaired) electrons. The molecule has 0 bridgehead atoms. The van der Waals surface area contributed by atoms with Gasteiger partial charge in [0.25, 0.3) is 0 Å². The predicted octanol–water partition coefficient (Wildman–Crippen LogP) is 1.78. The molecule has 3 atom stereocenters. The number of carbonyl (C=O) groups is 2. The van der Waals surface area contributed by atoms with Gasteiger partial charge < -0.3 is 10.0 Å². The van der Waals surface area contributed by atoms with Crippen LogP contribution in [0.4, 0.5) is 0 Å². The van der Waals surface area contributed by atoms with Crippen LogP contribution in [0.2, 0.25) is 0 Å². The molecule has 1 N–H and O–H groups in total. The molecule has 114 valence electrons. The molecule has 6 heteroatoms. The predicted molar refractivity (Wildman–Crippen MR) is 74.7 cm³/mol. The molecular formula is C15H21N3O3. The van der Waals surface area contributed by atoms with Gasteiger partial charge in [0.05, 0.1) is 36.8 Å². The third kappa shape index (κ3) is 4.46. The Hall–Kier alpha value is -2.08. The van der Waals surface area contributed by atoms with Crippen molar-refractivity contribution in [3.63, 3.8) is 0 Å². The largest absolute Gasteiger partial charge is 0.481 e. The number of amides is 1. The van der Waals surface area contributed by atoms with Crippen molar-refractivity contribution < 1.29 is 14.7 Å². The standard InChI is InChI=1S/C15H21N3O3/c1-2-11-9-12(13(10-11)15(20)21)14(19)18(7-3-5-16)8-4-6-17/h11-13H,2-4,7-10H2,1H3,(H,20,21). The number of carboxylic acids is 1. The van der Waals surface area contributed by atoms with Crippen molar-refractivity contribution in [2.75, 3.05) is 13.1 Å². The molecule has 1 amide bonds. The maximum Gasteiger partial charge on any atom is 0.307 e. The lowest BCUT2D eigenvalue weighted by molar-refractivity contribution is -0.149. The van der Waals surface area contributed by atoms with Gasteiger partial charge in [0, 0.05) is 13.1 Å². The fraction of sp³-hybridized carbons (Fsp3) is 0.733. The first kappa shape index (κ1) is 17.0. The van der Waals surface area contributed by atoms with Crippen molar-refractivity contribution in [1.82, 2.24) is 4.90 Å². The fourth-order valence-corrected chi connectivity index (χ4v) is 2.96. The second-order valence-electron chi connectivity index (χ2n) is 5.44. The maximum atomic E-state index is 12.6.